The molecule has 0 atom stereocenters. The summed E-state index contributed by atoms with van der Waals surface area (Å²) in [6, 6.07) is 6.61. The Bertz CT molecular complexity index is 973. The van der Waals surface area contributed by atoms with Crippen LogP contribution >= 0.6 is 34.7 Å². The second kappa shape index (κ2) is 8.03. The largest absolute Gasteiger partial charge is 0.478 e. The van der Waals surface area contributed by atoms with Gasteiger partial charge in [0, 0.05) is 11.1 Å². The van der Waals surface area contributed by atoms with Gasteiger partial charge < -0.3 is 9.84 Å². The van der Waals surface area contributed by atoms with Crippen LogP contribution in [0.5, 0.6) is 0 Å². The van der Waals surface area contributed by atoms with E-state index in [4.69, 9.17) is 21.4 Å². The lowest BCUT2D eigenvalue weighted by molar-refractivity contribution is 0.0528. The number of hydrogen-bond donors (Lipinski definition) is 1. The average molecular weight is 409 g/mol. The molecule has 134 valence electrons. The highest BCUT2D eigenvalue weighted by Gasteiger charge is 2.19. The highest BCUT2D eigenvalue weighted by Crippen LogP contribution is 2.33. The number of carbonyl (C=O) groups excluding carboxylic acids is 1. The van der Waals surface area contributed by atoms with Crippen LogP contribution in [-0.4, -0.2) is 33.6 Å². The average Bonchev–Trinajstić information content (AvgIpc) is 3.05. The van der Waals surface area contributed by atoms with Gasteiger partial charge in [-0.1, -0.05) is 35.5 Å². The van der Waals surface area contributed by atoms with Gasteiger partial charge in [0.15, 0.2) is 5.16 Å². The minimum atomic E-state index is -0.958. The lowest BCUT2D eigenvalue weighted by Gasteiger charge is -2.04. The first-order valence-electron chi connectivity index (χ1n) is 7.56. The fourth-order valence-electron chi connectivity index (χ4n) is 2.20. The fourth-order valence-corrected chi connectivity index (χ4v) is 4.34. The number of halogens is 1. The summed E-state index contributed by atoms with van der Waals surface area (Å²) in [5.74, 6) is -0.833. The highest BCUT2D eigenvalue weighted by molar-refractivity contribution is 7.98. The normalized spacial score (nSPS) is 10.8. The van der Waals surface area contributed by atoms with Crippen LogP contribution < -0.4 is 0 Å². The van der Waals surface area contributed by atoms with Crippen molar-refractivity contribution in [2.75, 3.05) is 6.61 Å². The lowest BCUT2D eigenvalue weighted by Crippen LogP contribution is -2.04. The molecule has 0 saturated carbocycles. The number of ether oxygens (including phenoxy) is 1. The smallest absolute Gasteiger partial charge is 0.339 e. The molecule has 1 N–H and O–H groups in total. The van der Waals surface area contributed by atoms with Crippen LogP contribution in [0.3, 0.4) is 0 Å². The van der Waals surface area contributed by atoms with E-state index in [1.54, 1.807) is 36.6 Å². The van der Waals surface area contributed by atoms with E-state index in [0.29, 0.717) is 26.7 Å². The molecule has 0 fully saturated rings. The maximum Gasteiger partial charge on any atom is 0.339 e. The van der Waals surface area contributed by atoms with Crippen molar-refractivity contribution < 1.29 is 19.4 Å². The Hall–Kier alpha value is -2.16. The molecular formula is C17H13ClN2O4S2. The van der Waals surface area contributed by atoms with E-state index >= 15 is 0 Å². The molecule has 2 aromatic heterocycles. The Morgan fingerprint density at radius 3 is 2.65 bits per heavy atom. The van der Waals surface area contributed by atoms with Gasteiger partial charge in [-0.2, -0.15) is 0 Å². The molecule has 6 nitrogen and oxygen atoms in total. The standard InChI is InChI=1S/C17H13ClN2O4S2/c1-2-24-16(23)11-8-25-14-12(11)13(18)19-17(20-14)26-7-9-3-5-10(6-4-9)15(21)22/h3-6,8H,2,7H2,1H3,(H,21,22). The first-order chi connectivity index (χ1) is 12.5. The van der Waals surface area contributed by atoms with Gasteiger partial charge in [-0.3, -0.25) is 0 Å². The second-order valence-corrected chi connectivity index (χ2v) is 7.30. The number of aromatic carboxylic acids is 1. The van der Waals surface area contributed by atoms with Crippen LogP contribution in [0.2, 0.25) is 5.15 Å². The molecule has 0 saturated heterocycles. The predicted molar refractivity (Wildman–Crippen MR) is 101 cm³/mol. The van der Waals surface area contributed by atoms with Crippen molar-refractivity contribution in [3.63, 3.8) is 0 Å². The van der Waals surface area contributed by atoms with Gasteiger partial charge in [0.2, 0.25) is 0 Å². The second-order valence-electron chi connectivity index (χ2n) is 5.14. The Labute approximate surface area is 162 Å². The molecule has 1 aromatic carbocycles. The van der Waals surface area contributed by atoms with Crippen LogP contribution in [0.4, 0.5) is 0 Å². The van der Waals surface area contributed by atoms with Gasteiger partial charge in [0.25, 0.3) is 0 Å². The molecule has 0 radical (unpaired) electrons. The molecule has 3 aromatic rings. The molecule has 0 unspecified atom stereocenters. The summed E-state index contributed by atoms with van der Waals surface area (Å²) in [4.78, 5) is 32.2. The molecule has 0 aliphatic rings. The van der Waals surface area contributed by atoms with Crippen molar-refractivity contribution >= 4 is 56.9 Å². The van der Waals surface area contributed by atoms with E-state index < -0.39 is 11.9 Å². The first kappa shape index (κ1) is 18.6. The zero-order valence-electron chi connectivity index (χ0n) is 13.6. The Balaban J connectivity index is 1.79. The molecule has 3 rings (SSSR count). The minimum absolute atomic E-state index is 0.211. The number of thiophene rings is 1. The van der Waals surface area contributed by atoms with Crippen molar-refractivity contribution in [1.82, 2.24) is 9.97 Å². The van der Waals surface area contributed by atoms with Crippen molar-refractivity contribution in [3.8, 4) is 0 Å². The monoisotopic (exact) mass is 408 g/mol. The quantitative estimate of drug-likeness (QED) is 0.277. The summed E-state index contributed by atoms with van der Waals surface area (Å²) in [5.41, 5.74) is 1.56. The summed E-state index contributed by atoms with van der Waals surface area (Å²) in [6.07, 6.45) is 0. The number of benzene rings is 1. The van der Waals surface area contributed by atoms with Crippen LogP contribution in [0, 0.1) is 0 Å². The lowest BCUT2D eigenvalue weighted by atomic mass is 10.1. The summed E-state index contributed by atoms with van der Waals surface area (Å²) in [7, 11) is 0. The topological polar surface area (TPSA) is 89.4 Å². The number of rotatable bonds is 6. The number of esters is 1. The van der Waals surface area contributed by atoms with Gasteiger partial charge in [-0.25, -0.2) is 19.6 Å². The van der Waals surface area contributed by atoms with Gasteiger partial charge in [0.1, 0.15) is 9.98 Å². The number of thioether (sulfide) groups is 1. The number of carbonyl (C=O) groups is 2. The Kier molecular flexibility index (Phi) is 5.75. The summed E-state index contributed by atoms with van der Waals surface area (Å²) >= 11 is 8.95. The Morgan fingerprint density at radius 2 is 2.00 bits per heavy atom. The summed E-state index contributed by atoms with van der Waals surface area (Å²) in [5, 5.41) is 11.8. The van der Waals surface area contributed by atoms with Crippen molar-refractivity contribution in [2.24, 2.45) is 0 Å². The van der Waals surface area contributed by atoms with E-state index in [0.717, 1.165) is 5.56 Å². The van der Waals surface area contributed by atoms with Gasteiger partial charge in [0.05, 0.1) is 23.1 Å². The fraction of sp³-hybridized carbons (Fsp3) is 0.176. The zero-order valence-corrected chi connectivity index (χ0v) is 16.0. The molecular weight excluding hydrogens is 396 g/mol. The zero-order chi connectivity index (χ0) is 18.7. The van der Waals surface area contributed by atoms with Crippen molar-refractivity contribution in [1.29, 1.82) is 0 Å². The third-order valence-electron chi connectivity index (χ3n) is 3.43. The number of carboxylic acids is 1. The number of hydrogen-bond acceptors (Lipinski definition) is 7. The highest BCUT2D eigenvalue weighted by atomic mass is 35.5. The van der Waals surface area contributed by atoms with Crippen LogP contribution in [0.25, 0.3) is 10.2 Å². The molecule has 0 bridgehead atoms. The summed E-state index contributed by atoms with van der Waals surface area (Å²) < 4.78 is 5.02. The Morgan fingerprint density at radius 1 is 1.27 bits per heavy atom. The van der Waals surface area contributed by atoms with Gasteiger partial charge in [-0.05, 0) is 24.6 Å². The number of carboxylic acid groups (broad SMARTS) is 1. The van der Waals surface area contributed by atoms with E-state index in [-0.39, 0.29) is 17.3 Å². The summed E-state index contributed by atoms with van der Waals surface area (Å²) in [6.45, 7) is 2.02. The van der Waals surface area contributed by atoms with Crippen LogP contribution in [0.15, 0.2) is 34.8 Å². The molecule has 26 heavy (non-hydrogen) atoms. The van der Waals surface area contributed by atoms with E-state index in [1.165, 1.54) is 23.1 Å². The molecule has 9 heteroatoms. The molecule has 0 aliphatic carbocycles. The molecule has 0 aliphatic heterocycles. The van der Waals surface area contributed by atoms with Gasteiger partial charge >= 0.3 is 11.9 Å². The van der Waals surface area contributed by atoms with Crippen LogP contribution in [-0.2, 0) is 10.5 Å². The maximum absolute atomic E-state index is 12.0. The maximum atomic E-state index is 12.0. The third-order valence-corrected chi connectivity index (χ3v) is 5.50. The first-order valence-corrected chi connectivity index (χ1v) is 9.80. The molecule has 0 spiro atoms. The van der Waals surface area contributed by atoms with E-state index in [9.17, 15) is 9.59 Å². The van der Waals surface area contributed by atoms with E-state index in [1.807, 2.05) is 0 Å². The van der Waals surface area contributed by atoms with Gasteiger partial charge in [-0.15, -0.1) is 11.3 Å². The predicted octanol–water partition coefficient (Wildman–Crippen LogP) is 4.51. The van der Waals surface area contributed by atoms with Crippen LogP contribution in [0.1, 0.15) is 33.2 Å². The third kappa shape index (κ3) is 3.98. The number of aromatic nitrogens is 2. The number of nitrogens with zero attached hydrogens (tertiary/aromatic N) is 2. The van der Waals surface area contributed by atoms with Crippen molar-refractivity contribution in [2.45, 2.75) is 17.8 Å². The molecule has 0 amide bonds. The SMILES string of the molecule is CCOC(=O)c1csc2nc(SCc3ccc(C(=O)O)cc3)nc(Cl)c12. The molecule has 2 heterocycles. The minimum Gasteiger partial charge on any atom is -0.478 e. The number of fused-ring (bicyclic) bond motifs is 1. The van der Waals surface area contributed by atoms with Crippen molar-refractivity contribution in [3.05, 3.63) is 51.5 Å². The van der Waals surface area contributed by atoms with E-state index in [2.05, 4.69) is 9.97 Å².